The molecular formula is C17H26N2O3S. The summed E-state index contributed by atoms with van der Waals surface area (Å²) in [6, 6.07) is 5.78. The van der Waals surface area contributed by atoms with E-state index in [-0.39, 0.29) is 11.3 Å². The minimum atomic E-state index is -0.0684. The van der Waals surface area contributed by atoms with Gasteiger partial charge in [-0.2, -0.15) is 0 Å². The van der Waals surface area contributed by atoms with Crippen LogP contribution in [0.1, 0.15) is 32.8 Å². The molecule has 0 spiro atoms. The van der Waals surface area contributed by atoms with E-state index in [4.69, 9.17) is 21.7 Å². The normalized spacial score (nSPS) is 10.8. The predicted molar refractivity (Wildman–Crippen MR) is 96.1 cm³/mol. The summed E-state index contributed by atoms with van der Waals surface area (Å²) in [5, 5.41) is 6.10. The van der Waals surface area contributed by atoms with Crippen LogP contribution in [0, 0.1) is 5.41 Å². The number of ether oxygens (including phenoxy) is 2. The molecule has 0 unspecified atom stereocenters. The number of benzene rings is 1. The average molecular weight is 338 g/mol. The van der Waals surface area contributed by atoms with Crippen LogP contribution in [0.3, 0.4) is 0 Å². The van der Waals surface area contributed by atoms with Gasteiger partial charge in [0.05, 0.1) is 14.2 Å². The Morgan fingerprint density at radius 3 is 2.39 bits per heavy atom. The monoisotopic (exact) mass is 338 g/mol. The summed E-state index contributed by atoms with van der Waals surface area (Å²) in [7, 11) is 3.22. The van der Waals surface area contributed by atoms with Gasteiger partial charge in [-0.1, -0.05) is 26.8 Å². The fraction of sp³-hybridized carbons (Fsp3) is 0.529. The van der Waals surface area contributed by atoms with Gasteiger partial charge in [0.25, 0.3) is 0 Å². The zero-order chi connectivity index (χ0) is 17.5. The molecule has 5 nitrogen and oxygen atoms in total. The standard InChI is InChI=1S/C17H26N2O3S/c1-17(2,3)11-15(20)19-16(23)18-9-8-12-6-7-13(21-4)14(10-12)22-5/h6-7,10H,8-9,11H2,1-5H3,(H2,18,19,20,23). The maximum Gasteiger partial charge on any atom is 0.226 e. The van der Waals surface area contributed by atoms with Crippen molar-refractivity contribution in [2.45, 2.75) is 33.6 Å². The smallest absolute Gasteiger partial charge is 0.226 e. The zero-order valence-corrected chi connectivity index (χ0v) is 15.3. The van der Waals surface area contributed by atoms with Crippen LogP contribution in [-0.4, -0.2) is 31.8 Å². The lowest BCUT2D eigenvalue weighted by atomic mass is 9.92. The van der Waals surface area contributed by atoms with Gasteiger partial charge in [0, 0.05) is 13.0 Å². The Kier molecular flexibility index (Phi) is 7.29. The molecule has 0 radical (unpaired) electrons. The van der Waals surface area contributed by atoms with Crippen molar-refractivity contribution in [3.05, 3.63) is 23.8 Å². The quantitative estimate of drug-likeness (QED) is 0.781. The molecule has 0 atom stereocenters. The van der Waals surface area contributed by atoms with Crippen molar-refractivity contribution in [2.75, 3.05) is 20.8 Å². The van der Waals surface area contributed by atoms with E-state index in [0.717, 1.165) is 12.0 Å². The Bertz CT molecular complexity index is 553. The van der Waals surface area contributed by atoms with E-state index in [2.05, 4.69) is 10.6 Å². The predicted octanol–water partition coefficient (Wildman–Crippen LogP) is 2.67. The lowest BCUT2D eigenvalue weighted by Gasteiger charge is -2.17. The van der Waals surface area contributed by atoms with Crippen molar-refractivity contribution < 1.29 is 14.3 Å². The molecule has 128 valence electrons. The molecule has 0 aliphatic rings. The van der Waals surface area contributed by atoms with E-state index in [0.29, 0.717) is 29.6 Å². The van der Waals surface area contributed by atoms with Crippen LogP contribution in [-0.2, 0) is 11.2 Å². The van der Waals surface area contributed by atoms with Crippen molar-refractivity contribution in [3.8, 4) is 11.5 Å². The molecule has 6 heteroatoms. The second kappa shape index (κ2) is 8.72. The summed E-state index contributed by atoms with van der Waals surface area (Å²) >= 11 is 5.14. The Balaban J connectivity index is 2.42. The van der Waals surface area contributed by atoms with E-state index in [1.54, 1.807) is 14.2 Å². The van der Waals surface area contributed by atoms with Crippen LogP contribution < -0.4 is 20.1 Å². The Morgan fingerprint density at radius 1 is 1.17 bits per heavy atom. The number of thiocarbonyl (C=S) groups is 1. The highest BCUT2D eigenvalue weighted by Crippen LogP contribution is 2.27. The molecule has 0 saturated carbocycles. The molecule has 23 heavy (non-hydrogen) atoms. The van der Waals surface area contributed by atoms with E-state index in [1.807, 2.05) is 39.0 Å². The molecule has 0 aliphatic heterocycles. The van der Waals surface area contributed by atoms with Crippen LogP contribution in [0.25, 0.3) is 0 Å². The Labute approximate surface area is 143 Å². The molecule has 0 aromatic heterocycles. The first-order chi connectivity index (χ1) is 10.7. The number of hydrogen-bond donors (Lipinski definition) is 2. The van der Waals surface area contributed by atoms with Crippen LogP contribution in [0.2, 0.25) is 0 Å². The van der Waals surface area contributed by atoms with Gasteiger partial charge >= 0.3 is 0 Å². The highest BCUT2D eigenvalue weighted by molar-refractivity contribution is 7.80. The third kappa shape index (κ3) is 7.32. The van der Waals surface area contributed by atoms with Gasteiger partial charge in [-0.3, -0.25) is 4.79 Å². The fourth-order valence-electron chi connectivity index (χ4n) is 2.05. The van der Waals surface area contributed by atoms with Gasteiger partial charge in [0.15, 0.2) is 16.6 Å². The van der Waals surface area contributed by atoms with E-state index < -0.39 is 0 Å². The van der Waals surface area contributed by atoms with Gasteiger partial charge < -0.3 is 20.1 Å². The molecule has 1 rings (SSSR count). The number of methoxy groups -OCH3 is 2. The van der Waals surface area contributed by atoms with E-state index >= 15 is 0 Å². The van der Waals surface area contributed by atoms with Crippen LogP contribution in [0.15, 0.2) is 18.2 Å². The SMILES string of the molecule is COc1ccc(CCNC(=S)NC(=O)CC(C)(C)C)cc1OC. The summed E-state index contributed by atoms with van der Waals surface area (Å²) in [5.74, 6) is 1.33. The lowest BCUT2D eigenvalue weighted by Crippen LogP contribution is -2.41. The lowest BCUT2D eigenvalue weighted by molar-refractivity contribution is -0.121. The van der Waals surface area contributed by atoms with E-state index in [9.17, 15) is 4.79 Å². The molecule has 0 aliphatic carbocycles. The van der Waals surface area contributed by atoms with Crippen molar-refractivity contribution in [2.24, 2.45) is 5.41 Å². The van der Waals surface area contributed by atoms with Gasteiger partial charge in [0.1, 0.15) is 0 Å². The molecule has 1 aromatic carbocycles. The number of carbonyl (C=O) groups excluding carboxylic acids is 1. The molecule has 0 bridgehead atoms. The highest BCUT2D eigenvalue weighted by Gasteiger charge is 2.16. The van der Waals surface area contributed by atoms with Crippen molar-refractivity contribution >= 4 is 23.2 Å². The summed E-state index contributed by atoms with van der Waals surface area (Å²) in [4.78, 5) is 11.8. The maximum atomic E-state index is 11.8. The second-order valence-electron chi connectivity index (χ2n) is 6.48. The van der Waals surface area contributed by atoms with E-state index in [1.165, 1.54) is 0 Å². The number of hydrogen-bond acceptors (Lipinski definition) is 4. The fourth-order valence-corrected chi connectivity index (χ4v) is 2.27. The molecule has 1 aromatic rings. The largest absolute Gasteiger partial charge is 0.493 e. The van der Waals surface area contributed by atoms with Crippen molar-refractivity contribution in [3.63, 3.8) is 0 Å². The average Bonchev–Trinajstić information content (AvgIpc) is 2.44. The van der Waals surface area contributed by atoms with Gasteiger partial charge in [0.2, 0.25) is 5.91 Å². The zero-order valence-electron chi connectivity index (χ0n) is 14.5. The second-order valence-corrected chi connectivity index (χ2v) is 6.89. The number of nitrogens with one attached hydrogen (secondary N) is 2. The summed E-state index contributed by atoms with van der Waals surface area (Å²) < 4.78 is 10.5. The van der Waals surface area contributed by atoms with Crippen LogP contribution in [0.5, 0.6) is 11.5 Å². The Hall–Kier alpha value is -1.82. The van der Waals surface area contributed by atoms with Crippen LogP contribution >= 0.6 is 12.2 Å². The summed E-state index contributed by atoms with van der Waals surface area (Å²) in [5.41, 5.74) is 1.04. The maximum absolute atomic E-state index is 11.8. The third-order valence-corrected chi connectivity index (χ3v) is 3.34. The Morgan fingerprint density at radius 2 is 1.83 bits per heavy atom. The first kappa shape index (κ1) is 19.2. The first-order valence-electron chi connectivity index (χ1n) is 7.54. The molecule has 1 amide bonds. The molecule has 0 saturated heterocycles. The number of carbonyl (C=O) groups is 1. The van der Waals surface area contributed by atoms with Crippen molar-refractivity contribution in [1.29, 1.82) is 0 Å². The minimum absolute atomic E-state index is 0.0562. The molecular weight excluding hydrogens is 312 g/mol. The molecule has 2 N–H and O–H groups in total. The number of rotatable bonds is 6. The van der Waals surface area contributed by atoms with Crippen LogP contribution in [0.4, 0.5) is 0 Å². The third-order valence-electron chi connectivity index (χ3n) is 3.09. The molecule has 0 heterocycles. The van der Waals surface area contributed by atoms with Crippen molar-refractivity contribution in [1.82, 2.24) is 10.6 Å². The van der Waals surface area contributed by atoms with Gasteiger partial charge in [-0.05, 0) is 41.7 Å². The summed E-state index contributed by atoms with van der Waals surface area (Å²) in [6.45, 7) is 6.67. The van der Waals surface area contributed by atoms with Gasteiger partial charge in [-0.15, -0.1) is 0 Å². The highest BCUT2D eigenvalue weighted by atomic mass is 32.1. The first-order valence-corrected chi connectivity index (χ1v) is 7.94. The molecule has 0 fully saturated rings. The topological polar surface area (TPSA) is 59.6 Å². The minimum Gasteiger partial charge on any atom is -0.493 e. The van der Waals surface area contributed by atoms with Gasteiger partial charge in [-0.25, -0.2) is 0 Å². The number of amides is 1. The summed E-state index contributed by atoms with van der Waals surface area (Å²) in [6.07, 6.45) is 1.19.